The van der Waals surface area contributed by atoms with Gasteiger partial charge in [-0.2, -0.15) is 0 Å². The van der Waals surface area contributed by atoms with E-state index in [0.717, 1.165) is 49.4 Å². The molecule has 1 aliphatic carbocycles. The van der Waals surface area contributed by atoms with Crippen LogP contribution in [0.25, 0.3) is 10.8 Å². The normalized spacial score (nSPS) is 15.4. The van der Waals surface area contributed by atoms with Gasteiger partial charge in [0, 0.05) is 11.8 Å². The minimum absolute atomic E-state index is 0.196. The third kappa shape index (κ3) is 31.6. The number of ether oxygens (including phenoxy) is 4. The van der Waals surface area contributed by atoms with Gasteiger partial charge in [0.1, 0.15) is 0 Å². The van der Waals surface area contributed by atoms with Crippen molar-refractivity contribution in [3.05, 3.63) is 60.7 Å². The van der Waals surface area contributed by atoms with Crippen LogP contribution in [0, 0.1) is 22.7 Å². The predicted octanol–water partition coefficient (Wildman–Crippen LogP) is 20.4. The summed E-state index contributed by atoms with van der Waals surface area (Å²) in [5.41, 5.74) is 0.420. The van der Waals surface area contributed by atoms with E-state index < -0.39 is 0 Å². The molecule has 2 aliphatic heterocycles. The molecule has 2 heterocycles. The fourth-order valence-corrected chi connectivity index (χ4v) is 6.62. The Morgan fingerprint density at radius 2 is 0.492 bits per heavy atom. The average Bonchev–Trinajstić information content (AvgIpc) is 3.70. The van der Waals surface area contributed by atoms with E-state index in [0.29, 0.717) is 11.8 Å². The molecule has 3 aromatic rings. The Hall–Kier alpha value is -2.88. The fourth-order valence-electron chi connectivity index (χ4n) is 6.62. The van der Waals surface area contributed by atoms with Gasteiger partial charge in [-0.05, 0) is 45.9 Å². The zero-order valence-corrected chi connectivity index (χ0v) is 46.0. The Morgan fingerprint density at radius 1 is 0.302 bits per heavy atom. The molecule has 0 amide bonds. The van der Waals surface area contributed by atoms with Crippen LogP contribution < -0.4 is 18.9 Å². The van der Waals surface area contributed by atoms with E-state index in [1.807, 2.05) is 133 Å². The molecule has 3 aromatic carbocycles. The highest BCUT2D eigenvalue weighted by Crippen LogP contribution is 2.38. The number of fused-ring (bicyclic) bond motifs is 3. The highest BCUT2D eigenvalue weighted by Gasteiger charge is 2.30. The molecular formula is C59H110O4. The zero-order valence-electron chi connectivity index (χ0n) is 46.0. The highest BCUT2D eigenvalue weighted by atomic mass is 16.5. The largest absolute Gasteiger partial charge is 0.489 e. The minimum Gasteiger partial charge on any atom is -0.489 e. The summed E-state index contributed by atoms with van der Waals surface area (Å²) in [6.45, 7) is 44.3. The summed E-state index contributed by atoms with van der Waals surface area (Å²) in [5, 5.41) is 2.39. The molecule has 1 fully saturated rings. The Bertz CT molecular complexity index is 1220. The first-order valence-electron chi connectivity index (χ1n) is 26.7. The molecule has 0 radical (unpaired) electrons. The van der Waals surface area contributed by atoms with Crippen molar-refractivity contribution in [1.82, 2.24) is 0 Å². The summed E-state index contributed by atoms with van der Waals surface area (Å²) >= 11 is 0. The summed E-state index contributed by atoms with van der Waals surface area (Å²) < 4.78 is 23.5. The molecule has 63 heavy (non-hydrogen) atoms. The van der Waals surface area contributed by atoms with E-state index in [9.17, 15) is 0 Å². The molecule has 4 heteroatoms. The fraction of sp³-hybridized carbons (Fsp3) is 0.729. The van der Waals surface area contributed by atoms with Crippen LogP contribution >= 0.6 is 0 Å². The van der Waals surface area contributed by atoms with Gasteiger partial charge in [0.25, 0.3) is 0 Å². The Labute approximate surface area is 395 Å². The number of benzene rings is 3. The number of hydrogen-bond acceptors (Lipinski definition) is 4. The van der Waals surface area contributed by atoms with Crippen LogP contribution in [-0.2, 0) is 0 Å². The molecule has 0 aromatic heterocycles. The van der Waals surface area contributed by atoms with Crippen molar-refractivity contribution in [3.8, 4) is 23.0 Å². The number of hydrogen-bond donors (Lipinski definition) is 0. The van der Waals surface area contributed by atoms with E-state index in [-0.39, 0.29) is 10.8 Å². The van der Waals surface area contributed by atoms with Crippen molar-refractivity contribution in [1.29, 1.82) is 0 Å². The molecule has 0 unspecified atom stereocenters. The smallest absolute Gasteiger partial charge is 0.161 e. The van der Waals surface area contributed by atoms with Crippen molar-refractivity contribution in [3.63, 3.8) is 0 Å². The Kier molecular flexibility index (Phi) is 48.4. The summed E-state index contributed by atoms with van der Waals surface area (Å²) in [6, 6.07) is 20.3. The van der Waals surface area contributed by atoms with Gasteiger partial charge in [-0.25, -0.2) is 0 Å². The lowest BCUT2D eigenvalue weighted by molar-refractivity contribution is 0.114. The van der Waals surface area contributed by atoms with Gasteiger partial charge >= 0.3 is 0 Å². The second kappa shape index (κ2) is 45.7. The molecule has 0 saturated heterocycles. The Morgan fingerprint density at radius 3 is 0.698 bits per heavy atom. The molecule has 370 valence electrons. The third-order valence-electron chi connectivity index (χ3n) is 10.6. The van der Waals surface area contributed by atoms with E-state index in [1.165, 1.54) is 107 Å². The topological polar surface area (TPSA) is 36.9 Å². The van der Waals surface area contributed by atoms with E-state index in [2.05, 4.69) is 65.8 Å². The monoisotopic (exact) mass is 883 g/mol. The SMILES string of the molecule is C1CCCCCCCCCCCCCC1.CC.CC.CC.CC.CC.CC.CC.CC(C)(C)C1COc2cc3ccccc3cc2OC1.CC(C)(C)C1COc2ccccc2OC1. The number of rotatable bonds is 0. The Balaban J connectivity index is -0.000000365. The minimum atomic E-state index is 0.196. The highest BCUT2D eigenvalue weighted by molar-refractivity contribution is 5.86. The second-order valence-corrected chi connectivity index (χ2v) is 16.8. The van der Waals surface area contributed by atoms with Gasteiger partial charge in [-0.3, -0.25) is 0 Å². The maximum absolute atomic E-state index is 5.97. The standard InChI is InChI=1S/C17H20O2.C15H30.C13H18O2.7C2H6/c1-17(2,3)14-10-18-15-8-12-6-4-5-7-13(12)9-16(15)19-11-14;1-2-4-6-8-10-12-14-15-13-11-9-7-5-3-1;1-13(2,3)10-8-14-11-6-4-5-7-12(11)15-9-10;7*1-2/h4-9,14H,10-11H2,1-3H3;1-15H2;4-7,10H,8-9H2,1-3H3;7*1-2H3. The van der Waals surface area contributed by atoms with Crippen LogP contribution in [0.15, 0.2) is 60.7 Å². The summed E-state index contributed by atoms with van der Waals surface area (Å²) in [7, 11) is 0. The van der Waals surface area contributed by atoms with Crippen LogP contribution in [0.1, 0.15) is 235 Å². The van der Waals surface area contributed by atoms with Crippen LogP contribution in [0.5, 0.6) is 23.0 Å². The van der Waals surface area contributed by atoms with Gasteiger partial charge < -0.3 is 18.9 Å². The van der Waals surface area contributed by atoms with Crippen LogP contribution in [0.4, 0.5) is 0 Å². The van der Waals surface area contributed by atoms with Gasteiger partial charge in [-0.15, -0.1) is 0 Å². The van der Waals surface area contributed by atoms with Crippen molar-refractivity contribution >= 4 is 10.8 Å². The lowest BCUT2D eigenvalue weighted by Gasteiger charge is -2.28. The second-order valence-electron chi connectivity index (χ2n) is 16.8. The molecule has 6 rings (SSSR count). The first-order chi connectivity index (χ1) is 30.6. The molecule has 0 atom stereocenters. The molecule has 1 saturated carbocycles. The van der Waals surface area contributed by atoms with E-state index >= 15 is 0 Å². The first kappa shape index (κ1) is 66.7. The van der Waals surface area contributed by atoms with Gasteiger partial charge in [0.05, 0.1) is 26.4 Å². The summed E-state index contributed by atoms with van der Waals surface area (Å²) in [4.78, 5) is 0. The maximum Gasteiger partial charge on any atom is 0.161 e. The van der Waals surface area contributed by atoms with Gasteiger partial charge in [-0.1, -0.05) is 271 Å². The predicted molar refractivity (Wildman–Crippen MR) is 287 cm³/mol. The molecule has 4 nitrogen and oxygen atoms in total. The summed E-state index contributed by atoms with van der Waals surface area (Å²) in [5.74, 6) is 4.30. The molecule has 3 aliphatic rings. The summed E-state index contributed by atoms with van der Waals surface area (Å²) in [6.07, 6.45) is 22.5. The van der Waals surface area contributed by atoms with E-state index in [4.69, 9.17) is 18.9 Å². The van der Waals surface area contributed by atoms with Crippen molar-refractivity contribution in [2.24, 2.45) is 22.7 Å². The quantitative estimate of drug-likeness (QED) is 0.225. The number of para-hydroxylation sites is 2. The lowest BCUT2D eigenvalue weighted by Crippen LogP contribution is -2.30. The van der Waals surface area contributed by atoms with Crippen molar-refractivity contribution in [2.45, 2.75) is 235 Å². The van der Waals surface area contributed by atoms with Crippen LogP contribution in [-0.4, -0.2) is 26.4 Å². The zero-order chi connectivity index (χ0) is 49.0. The maximum atomic E-state index is 5.97. The molecule has 0 spiro atoms. The van der Waals surface area contributed by atoms with E-state index in [1.54, 1.807) is 0 Å². The molecule has 0 N–H and O–H groups in total. The third-order valence-corrected chi connectivity index (χ3v) is 10.6. The average molecular weight is 884 g/mol. The lowest BCUT2D eigenvalue weighted by atomic mass is 9.82. The first-order valence-corrected chi connectivity index (χ1v) is 26.7. The van der Waals surface area contributed by atoms with Gasteiger partial charge in [0.15, 0.2) is 23.0 Å². The molecular weight excluding hydrogens is 773 g/mol. The van der Waals surface area contributed by atoms with Crippen molar-refractivity contribution in [2.75, 3.05) is 26.4 Å². The van der Waals surface area contributed by atoms with Gasteiger partial charge in [0.2, 0.25) is 0 Å². The van der Waals surface area contributed by atoms with Crippen LogP contribution in [0.3, 0.4) is 0 Å². The van der Waals surface area contributed by atoms with Crippen LogP contribution in [0.2, 0.25) is 0 Å². The van der Waals surface area contributed by atoms with Crippen molar-refractivity contribution < 1.29 is 18.9 Å². The molecule has 0 bridgehead atoms.